The molecule has 1 N–H and O–H groups in total. The van der Waals surface area contributed by atoms with Gasteiger partial charge in [-0.05, 0) is 61.5 Å². The summed E-state index contributed by atoms with van der Waals surface area (Å²) in [6.07, 6.45) is 0. The molecular formula is C23H19N3O6. The highest BCUT2D eigenvalue weighted by molar-refractivity contribution is 6.05. The average Bonchev–Trinajstić information content (AvgIpc) is 3.23. The number of fused-ring (bicyclic) bond motifs is 1. The molecule has 9 heteroatoms. The summed E-state index contributed by atoms with van der Waals surface area (Å²) >= 11 is 0. The third kappa shape index (κ3) is 4.22. The van der Waals surface area contributed by atoms with Gasteiger partial charge >= 0.3 is 5.69 Å². The molecule has 162 valence electrons. The molecule has 0 fully saturated rings. The maximum atomic E-state index is 12.7. The summed E-state index contributed by atoms with van der Waals surface area (Å²) in [5.41, 5.74) is 2.26. The predicted molar refractivity (Wildman–Crippen MR) is 118 cm³/mol. The number of carbonyl (C=O) groups excluding carboxylic acids is 1. The molecule has 0 bridgehead atoms. The molecular weight excluding hydrogens is 414 g/mol. The van der Waals surface area contributed by atoms with Crippen molar-refractivity contribution in [2.45, 2.75) is 6.92 Å². The number of ether oxygens (including phenoxy) is 2. The first-order valence-corrected chi connectivity index (χ1v) is 9.76. The first kappa shape index (κ1) is 20.9. The molecule has 32 heavy (non-hydrogen) atoms. The van der Waals surface area contributed by atoms with E-state index >= 15 is 0 Å². The van der Waals surface area contributed by atoms with E-state index in [-0.39, 0.29) is 23.6 Å². The lowest BCUT2D eigenvalue weighted by Crippen LogP contribution is -2.12. The van der Waals surface area contributed by atoms with Gasteiger partial charge in [0.2, 0.25) is 5.89 Å². The Balaban J connectivity index is 1.57. The van der Waals surface area contributed by atoms with Gasteiger partial charge in [-0.2, -0.15) is 0 Å². The molecule has 0 aliphatic rings. The number of amides is 1. The van der Waals surface area contributed by atoms with E-state index in [2.05, 4.69) is 10.3 Å². The minimum atomic E-state index is -0.579. The second-order valence-electron chi connectivity index (χ2n) is 6.76. The van der Waals surface area contributed by atoms with Crippen LogP contribution in [0.15, 0.2) is 65.1 Å². The van der Waals surface area contributed by atoms with Gasteiger partial charge in [-0.15, -0.1) is 0 Å². The molecule has 0 radical (unpaired) electrons. The van der Waals surface area contributed by atoms with Crippen LogP contribution in [0.25, 0.3) is 22.6 Å². The molecule has 1 heterocycles. The van der Waals surface area contributed by atoms with Crippen LogP contribution in [0.1, 0.15) is 17.3 Å². The third-order valence-electron chi connectivity index (χ3n) is 4.70. The standard InChI is InChI=1S/C23H19N3O6/c1-3-31-21-10-6-15(12-19(21)26(28)29)22(27)24-16-7-11-20-18(13-16)25-23(32-20)14-4-8-17(30-2)9-5-14/h4-13H,3H2,1-2H3,(H,24,27). The zero-order valence-electron chi connectivity index (χ0n) is 17.3. The molecule has 1 aromatic heterocycles. The number of oxazole rings is 1. The number of nitro groups is 1. The highest BCUT2D eigenvalue weighted by Gasteiger charge is 2.19. The van der Waals surface area contributed by atoms with Gasteiger partial charge in [0.1, 0.15) is 11.3 Å². The minimum absolute atomic E-state index is 0.115. The molecule has 9 nitrogen and oxygen atoms in total. The summed E-state index contributed by atoms with van der Waals surface area (Å²) in [6.45, 7) is 2.01. The SMILES string of the molecule is CCOc1ccc(C(=O)Nc2ccc3oc(-c4ccc(OC)cc4)nc3c2)cc1[N+](=O)[O-]. The summed E-state index contributed by atoms with van der Waals surface area (Å²) in [4.78, 5) is 27.9. The normalized spacial score (nSPS) is 10.7. The molecule has 4 rings (SSSR count). The zero-order chi connectivity index (χ0) is 22.7. The van der Waals surface area contributed by atoms with Crippen LogP contribution in [-0.4, -0.2) is 29.5 Å². The van der Waals surface area contributed by atoms with E-state index in [0.29, 0.717) is 22.7 Å². The molecule has 3 aromatic carbocycles. The second-order valence-corrected chi connectivity index (χ2v) is 6.76. The molecule has 0 unspecified atom stereocenters. The van der Waals surface area contributed by atoms with E-state index in [1.807, 2.05) is 24.3 Å². The maximum Gasteiger partial charge on any atom is 0.311 e. The third-order valence-corrected chi connectivity index (χ3v) is 4.70. The van der Waals surface area contributed by atoms with Gasteiger partial charge in [0.25, 0.3) is 5.91 Å². The lowest BCUT2D eigenvalue weighted by molar-refractivity contribution is -0.385. The zero-order valence-corrected chi connectivity index (χ0v) is 17.3. The largest absolute Gasteiger partial charge is 0.497 e. The Bertz CT molecular complexity index is 1300. The maximum absolute atomic E-state index is 12.7. The van der Waals surface area contributed by atoms with Gasteiger partial charge in [0.15, 0.2) is 11.3 Å². The first-order chi connectivity index (χ1) is 15.5. The van der Waals surface area contributed by atoms with E-state index in [1.54, 1.807) is 32.2 Å². The summed E-state index contributed by atoms with van der Waals surface area (Å²) < 4.78 is 16.2. The number of nitro benzene ring substituents is 1. The number of rotatable bonds is 7. The molecule has 0 saturated heterocycles. The van der Waals surface area contributed by atoms with E-state index in [1.165, 1.54) is 18.2 Å². The van der Waals surface area contributed by atoms with Crippen LogP contribution in [0.4, 0.5) is 11.4 Å². The van der Waals surface area contributed by atoms with Gasteiger partial charge in [-0.1, -0.05) is 0 Å². The monoisotopic (exact) mass is 433 g/mol. The van der Waals surface area contributed by atoms with E-state index in [9.17, 15) is 14.9 Å². The Morgan fingerprint density at radius 2 is 1.91 bits per heavy atom. The van der Waals surface area contributed by atoms with Crippen molar-refractivity contribution in [1.29, 1.82) is 0 Å². The molecule has 0 spiro atoms. The van der Waals surface area contributed by atoms with Crippen molar-refractivity contribution in [2.75, 3.05) is 19.0 Å². The van der Waals surface area contributed by atoms with Gasteiger partial charge in [0, 0.05) is 22.9 Å². The number of benzene rings is 3. The number of carbonyl (C=O) groups is 1. The van der Waals surface area contributed by atoms with Crippen molar-refractivity contribution in [2.24, 2.45) is 0 Å². The van der Waals surface area contributed by atoms with E-state index in [0.717, 1.165) is 11.3 Å². The molecule has 0 atom stereocenters. The summed E-state index contributed by atoms with van der Waals surface area (Å²) in [5, 5.41) is 14.0. The number of methoxy groups -OCH3 is 1. The summed E-state index contributed by atoms with van der Waals surface area (Å²) in [5.74, 6) is 0.788. The molecule has 1 amide bonds. The Labute approximate surface area is 182 Å². The van der Waals surface area contributed by atoms with Crippen LogP contribution >= 0.6 is 0 Å². The quantitative estimate of drug-likeness (QED) is 0.320. The Morgan fingerprint density at radius 3 is 2.59 bits per heavy atom. The predicted octanol–water partition coefficient (Wildman–Crippen LogP) is 5.06. The Hall–Kier alpha value is -4.40. The van der Waals surface area contributed by atoms with Crippen LogP contribution in [-0.2, 0) is 0 Å². The van der Waals surface area contributed by atoms with Crippen molar-refractivity contribution < 1.29 is 23.6 Å². The second kappa shape index (κ2) is 8.76. The fraction of sp³-hybridized carbons (Fsp3) is 0.130. The van der Waals surface area contributed by atoms with Crippen molar-refractivity contribution in [3.63, 3.8) is 0 Å². The van der Waals surface area contributed by atoms with Crippen molar-refractivity contribution in [1.82, 2.24) is 4.98 Å². The van der Waals surface area contributed by atoms with Crippen LogP contribution in [0.2, 0.25) is 0 Å². The number of hydrogen-bond donors (Lipinski definition) is 1. The van der Waals surface area contributed by atoms with Crippen molar-refractivity contribution in [3.05, 3.63) is 76.3 Å². The lowest BCUT2D eigenvalue weighted by Gasteiger charge is -2.07. The number of nitrogens with one attached hydrogen (secondary N) is 1. The Morgan fingerprint density at radius 1 is 1.12 bits per heavy atom. The molecule has 0 aliphatic carbocycles. The molecule has 4 aromatic rings. The van der Waals surface area contributed by atoms with Gasteiger partial charge in [-0.25, -0.2) is 4.98 Å². The smallest absolute Gasteiger partial charge is 0.311 e. The summed E-state index contributed by atoms with van der Waals surface area (Å²) in [7, 11) is 1.59. The number of nitrogens with zero attached hydrogens (tertiary/aromatic N) is 2. The fourth-order valence-electron chi connectivity index (χ4n) is 3.14. The van der Waals surface area contributed by atoms with Gasteiger partial charge < -0.3 is 19.2 Å². The minimum Gasteiger partial charge on any atom is -0.497 e. The van der Waals surface area contributed by atoms with Gasteiger partial charge in [-0.3, -0.25) is 14.9 Å². The number of anilines is 1. The van der Waals surface area contributed by atoms with Crippen LogP contribution in [0.5, 0.6) is 11.5 Å². The highest BCUT2D eigenvalue weighted by atomic mass is 16.6. The Kier molecular flexibility index (Phi) is 5.71. The topological polar surface area (TPSA) is 117 Å². The van der Waals surface area contributed by atoms with Crippen LogP contribution in [0, 0.1) is 10.1 Å². The first-order valence-electron chi connectivity index (χ1n) is 9.76. The number of hydrogen-bond acceptors (Lipinski definition) is 7. The van der Waals surface area contributed by atoms with Gasteiger partial charge in [0.05, 0.1) is 18.6 Å². The van der Waals surface area contributed by atoms with E-state index in [4.69, 9.17) is 13.9 Å². The van der Waals surface area contributed by atoms with Crippen molar-refractivity contribution in [3.8, 4) is 23.0 Å². The molecule has 0 aliphatic heterocycles. The van der Waals surface area contributed by atoms with E-state index < -0.39 is 10.8 Å². The highest BCUT2D eigenvalue weighted by Crippen LogP contribution is 2.30. The fourth-order valence-corrected chi connectivity index (χ4v) is 3.14. The number of aromatic nitrogens is 1. The average molecular weight is 433 g/mol. The van der Waals surface area contributed by atoms with Crippen LogP contribution in [0.3, 0.4) is 0 Å². The van der Waals surface area contributed by atoms with Crippen LogP contribution < -0.4 is 14.8 Å². The van der Waals surface area contributed by atoms with Crippen molar-refractivity contribution >= 4 is 28.4 Å². The summed E-state index contributed by atoms with van der Waals surface area (Å²) in [6, 6.07) is 16.4. The molecule has 0 saturated carbocycles. The lowest BCUT2D eigenvalue weighted by atomic mass is 10.1.